The highest BCUT2D eigenvalue weighted by atomic mass is 79.9. The Morgan fingerprint density at radius 1 is 1.24 bits per heavy atom. The average Bonchev–Trinajstić information content (AvgIpc) is 2.38. The van der Waals surface area contributed by atoms with Crippen molar-refractivity contribution in [2.75, 3.05) is 13.8 Å². The molecular formula is C12H12BrN3O. The summed E-state index contributed by atoms with van der Waals surface area (Å²) in [4.78, 5) is 8.54. The van der Waals surface area contributed by atoms with Gasteiger partial charge in [0.25, 0.3) is 0 Å². The molecule has 5 heteroatoms. The summed E-state index contributed by atoms with van der Waals surface area (Å²) in [5, 5.41) is 2.89. The lowest BCUT2D eigenvalue weighted by Gasteiger charge is -2.05. The average molecular weight is 294 g/mol. The summed E-state index contributed by atoms with van der Waals surface area (Å²) in [6.45, 7) is 0.442. The third kappa shape index (κ3) is 3.01. The Labute approximate surface area is 108 Å². The second-order valence-corrected chi connectivity index (χ2v) is 4.22. The smallest absolute Gasteiger partial charge is 0.160 e. The third-order valence-electron chi connectivity index (χ3n) is 2.13. The van der Waals surface area contributed by atoms with Gasteiger partial charge in [-0.3, -0.25) is 5.32 Å². The SMILES string of the molecule is CNCOc1cnc(-c2ccccc2Br)nc1. The number of aromatic nitrogens is 2. The van der Waals surface area contributed by atoms with Crippen molar-refractivity contribution >= 4 is 15.9 Å². The minimum atomic E-state index is 0.442. The first-order valence-corrected chi connectivity index (χ1v) is 5.95. The van der Waals surface area contributed by atoms with Gasteiger partial charge in [0.15, 0.2) is 11.6 Å². The maximum absolute atomic E-state index is 5.33. The van der Waals surface area contributed by atoms with Crippen LogP contribution in [-0.2, 0) is 0 Å². The van der Waals surface area contributed by atoms with Gasteiger partial charge in [-0.15, -0.1) is 0 Å². The Kier molecular flexibility index (Phi) is 4.06. The first-order chi connectivity index (χ1) is 8.31. The molecule has 0 spiro atoms. The summed E-state index contributed by atoms with van der Waals surface area (Å²) in [7, 11) is 1.82. The molecular weight excluding hydrogens is 282 g/mol. The van der Waals surface area contributed by atoms with Gasteiger partial charge in [-0.05, 0) is 13.1 Å². The first-order valence-electron chi connectivity index (χ1n) is 5.15. The number of ether oxygens (including phenoxy) is 1. The molecule has 0 aliphatic rings. The van der Waals surface area contributed by atoms with E-state index in [0.29, 0.717) is 18.3 Å². The van der Waals surface area contributed by atoms with Crippen molar-refractivity contribution < 1.29 is 4.74 Å². The fourth-order valence-electron chi connectivity index (χ4n) is 1.33. The Bertz CT molecular complexity index is 487. The van der Waals surface area contributed by atoms with E-state index >= 15 is 0 Å². The Hall–Kier alpha value is -1.46. The predicted octanol–water partition coefficient (Wildman–Crippen LogP) is 2.46. The molecule has 4 nitrogen and oxygen atoms in total. The van der Waals surface area contributed by atoms with Crippen LogP contribution in [0.1, 0.15) is 0 Å². The molecule has 0 fully saturated rings. The van der Waals surface area contributed by atoms with E-state index in [4.69, 9.17) is 4.74 Å². The lowest BCUT2D eigenvalue weighted by atomic mass is 10.2. The molecule has 2 rings (SSSR count). The van der Waals surface area contributed by atoms with E-state index in [-0.39, 0.29) is 0 Å². The lowest BCUT2D eigenvalue weighted by Crippen LogP contribution is -2.14. The molecule has 0 saturated carbocycles. The highest BCUT2D eigenvalue weighted by Gasteiger charge is 2.05. The van der Waals surface area contributed by atoms with Crippen LogP contribution in [0.2, 0.25) is 0 Å². The standard InChI is InChI=1S/C12H12BrN3O/c1-14-8-17-9-6-15-12(16-7-9)10-4-2-3-5-11(10)13/h2-7,14H,8H2,1H3. The van der Waals surface area contributed by atoms with Gasteiger partial charge in [0.1, 0.15) is 6.73 Å². The molecule has 1 aromatic heterocycles. The summed E-state index contributed by atoms with van der Waals surface area (Å²) in [5.41, 5.74) is 0.965. The first kappa shape index (κ1) is 12.0. The maximum Gasteiger partial charge on any atom is 0.160 e. The minimum Gasteiger partial charge on any atom is -0.475 e. The van der Waals surface area contributed by atoms with Crippen LogP contribution in [0.4, 0.5) is 0 Å². The molecule has 88 valence electrons. The van der Waals surface area contributed by atoms with Crippen LogP contribution in [-0.4, -0.2) is 23.7 Å². The molecule has 17 heavy (non-hydrogen) atoms. The Balaban J connectivity index is 2.21. The number of rotatable bonds is 4. The number of halogens is 1. The van der Waals surface area contributed by atoms with E-state index in [1.54, 1.807) is 12.4 Å². The van der Waals surface area contributed by atoms with E-state index in [2.05, 4.69) is 31.2 Å². The normalized spacial score (nSPS) is 10.2. The van der Waals surface area contributed by atoms with Crippen LogP contribution in [0.3, 0.4) is 0 Å². The number of hydrogen-bond donors (Lipinski definition) is 1. The number of nitrogens with one attached hydrogen (secondary N) is 1. The largest absolute Gasteiger partial charge is 0.475 e. The van der Waals surface area contributed by atoms with Crippen LogP contribution >= 0.6 is 15.9 Å². The van der Waals surface area contributed by atoms with Crippen LogP contribution in [0.15, 0.2) is 41.1 Å². The molecule has 0 saturated heterocycles. The van der Waals surface area contributed by atoms with Gasteiger partial charge in [0, 0.05) is 10.0 Å². The van der Waals surface area contributed by atoms with E-state index in [1.807, 2.05) is 31.3 Å². The Morgan fingerprint density at radius 2 is 1.94 bits per heavy atom. The number of hydrogen-bond acceptors (Lipinski definition) is 4. The molecule has 0 aliphatic carbocycles. The fraction of sp³-hybridized carbons (Fsp3) is 0.167. The van der Waals surface area contributed by atoms with Crippen molar-refractivity contribution in [1.29, 1.82) is 0 Å². The number of benzene rings is 1. The van der Waals surface area contributed by atoms with Gasteiger partial charge in [-0.25, -0.2) is 9.97 Å². The molecule has 1 N–H and O–H groups in total. The van der Waals surface area contributed by atoms with Crippen LogP contribution < -0.4 is 10.1 Å². The zero-order chi connectivity index (χ0) is 12.1. The van der Waals surface area contributed by atoms with Crippen molar-refractivity contribution in [2.24, 2.45) is 0 Å². The quantitative estimate of drug-likeness (QED) is 0.880. The second-order valence-electron chi connectivity index (χ2n) is 3.36. The summed E-state index contributed by atoms with van der Waals surface area (Å²) in [5.74, 6) is 1.32. The topological polar surface area (TPSA) is 47.0 Å². The van der Waals surface area contributed by atoms with Crippen molar-refractivity contribution in [3.05, 3.63) is 41.1 Å². The van der Waals surface area contributed by atoms with Gasteiger partial charge < -0.3 is 4.74 Å². The van der Waals surface area contributed by atoms with E-state index < -0.39 is 0 Å². The van der Waals surface area contributed by atoms with E-state index in [9.17, 15) is 0 Å². The second kappa shape index (κ2) is 5.75. The third-order valence-corrected chi connectivity index (χ3v) is 2.82. The van der Waals surface area contributed by atoms with Gasteiger partial charge in [-0.2, -0.15) is 0 Å². The minimum absolute atomic E-state index is 0.442. The molecule has 2 aromatic rings. The molecule has 0 bridgehead atoms. The van der Waals surface area contributed by atoms with Crippen molar-refractivity contribution in [1.82, 2.24) is 15.3 Å². The molecule has 1 heterocycles. The molecule has 1 aromatic carbocycles. The predicted molar refractivity (Wildman–Crippen MR) is 69.7 cm³/mol. The summed E-state index contributed by atoms with van der Waals surface area (Å²) in [6.07, 6.45) is 3.33. The monoisotopic (exact) mass is 293 g/mol. The van der Waals surface area contributed by atoms with Crippen molar-refractivity contribution in [3.63, 3.8) is 0 Å². The molecule has 0 aliphatic heterocycles. The molecule has 0 unspecified atom stereocenters. The van der Waals surface area contributed by atoms with Gasteiger partial charge in [0.2, 0.25) is 0 Å². The van der Waals surface area contributed by atoms with Crippen molar-refractivity contribution in [2.45, 2.75) is 0 Å². The molecule has 0 radical (unpaired) electrons. The van der Waals surface area contributed by atoms with E-state index in [1.165, 1.54) is 0 Å². The van der Waals surface area contributed by atoms with Gasteiger partial charge in [-0.1, -0.05) is 34.1 Å². The van der Waals surface area contributed by atoms with E-state index in [0.717, 1.165) is 10.0 Å². The molecule has 0 amide bonds. The number of nitrogens with zero attached hydrogens (tertiary/aromatic N) is 2. The van der Waals surface area contributed by atoms with Gasteiger partial charge in [0.05, 0.1) is 12.4 Å². The van der Waals surface area contributed by atoms with Crippen LogP contribution in [0.5, 0.6) is 5.75 Å². The van der Waals surface area contributed by atoms with Crippen LogP contribution in [0.25, 0.3) is 11.4 Å². The summed E-state index contributed by atoms with van der Waals surface area (Å²) >= 11 is 3.47. The fourth-order valence-corrected chi connectivity index (χ4v) is 1.79. The summed E-state index contributed by atoms with van der Waals surface area (Å²) in [6, 6.07) is 7.84. The maximum atomic E-state index is 5.33. The zero-order valence-electron chi connectivity index (χ0n) is 9.35. The Morgan fingerprint density at radius 3 is 2.59 bits per heavy atom. The lowest BCUT2D eigenvalue weighted by molar-refractivity contribution is 0.294. The summed E-state index contributed by atoms with van der Waals surface area (Å²) < 4.78 is 6.30. The highest BCUT2D eigenvalue weighted by molar-refractivity contribution is 9.10. The van der Waals surface area contributed by atoms with Crippen molar-refractivity contribution in [3.8, 4) is 17.1 Å². The zero-order valence-corrected chi connectivity index (χ0v) is 10.9. The highest BCUT2D eigenvalue weighted by Crippen LogP contribution is 2.25. The van der Waals surface area contributed by atoms with Crippen LogP contribution in [0, 0.1) is 0 Å². The molecule has 0 atom stereocenters. The van der Waals surface area contributed by atoms with Gasteiger partial charge >= 0.3 is 0 Å².